The van der Waals surface area contributed by atoms with Crippen LogP contribution in [0.15, 0.2) is 61.2 Å². The lowest BCUT2D eigenvalue weighted by Crippen LogP contribution is -2.12. The van der Waals surface area contributed by atoms with Gasteiger partial charge in [0, 0.05) is 49.4 Å². The van der Waals surface area contributed by atoms with Gasteiger partial charge in [0.25, 0.3) is 0 Å². The number of hydrogen-bond acceptors (Lipinski definition) is 10. The van der Waals surface area contributed by atoms with Crippen LogP contribution in [0.1, 0.15) is 25.0 Å². The summed E-state index contributed by atoms with van der Waals surface area (Å²) in [7, 11) is -0.0837. The van der Waals surface area contributed by atoms with Gasteiger partial charge in [0.1, 0.15) is 11.4 Å². The fourth-order valence-electron chi connectivity index (χ4n) is 5.03. The summed E-state index contributed by atoms with van der Waals surface area (Å²) in [5, 5.41) is 21.9. The van der Waals surface area contributed by atoms with Crippen LogP contribution >= 0.6 is 7.60 Å². The Morgan fingerprint density at radius 2 is 1.72 bits per heavy atom. The summed E-state index contributed by atoms with van der Waals surface area (Å²) < 4.78 is 74.3. The maximum absolute atomic E-state index is 14.1. The van der Waals surface area contributed by atoms with Crippen molar-refractivity contribution in [1.82, 2.24) is 24.3 Å². The van der Waals surface area contributed by atoms with Crippen molar-refractivity contribution in [2.24, 2.45) is 7.05 Å². The Bertz CT molecular complexity index is 1880. The van der Waals surface area contributed by atoms with Gasteiger partial charge in [0.15, 0.2) is 0 Å². The number of aromatic hydroxyl groups is 1. The van der Waals surface area contributed by atoms with Gasteiger partial charge in [-0.05, 0) is 43.2 Å². The van der Waals surface area contributed by atoms with Gasteiger partial charge >= 0.3 is 13.8 Å². The molecule has 0 amide bonds. The van der Waals surface area contributed by atoms with E-state index in [1.165, 1.54) is 4.57 Å². The normalized spacial score (nSPS) is 12.1. The fraction of sp³-hybridized carbons (Fsp3) is 0.323. The van der Waals surface area contributed by atoms with E-state index in [1.54, 1.807) is 81.5 Å². The minimum Gasteiger partial charge on any atom is -0.494 e. The van der Waals surface area contributed by atoms with E-state index < -0.39 is 25.2 Å². The molecule has 250 valence electrons. The summed E-state index contributed by atoms with van der Waals surface area (Å²) in [5.41, 5.74) is 1.79. The number of nitrogens with zero attached hydrogens (tertiary/aromatic N) is 5. The zero-order valence-electron chi connectivity index (χ0n) is 26.2. The molecule has 16 heteroatoms. The molecule has 0 atom stereocenters. The van der Waals surface area contributed by atoms with Crippen LogP contribution in [0.3, 0.4) is 0 Å². The van der Waals surface area contributed by atoms with E-state index >= 15 is 0 Å². The Morgan fingerprint density at radius 3 is 2.38 bits per heavy atom. The molecular formula is C31H35F3N7O5P. The average Bonchev–Trinajstić information content (AvgIpc) is 3.61. The van der Waals surface area contributed by atoms with Crippen LogP contribution in [0.5, 0.6) is 5.88 Å². The number of halogens is 3. The Hall–Kier alpha value is -4.43. The monoisotopic (exact) mass is 673 g/mol. The van der Waals surface area contributed by atoms with E-state index in [0.29, 0.717) is 41.4 Å². The summed E-state index contributed by atoms with van der Waals surface area (Å²) in [5.74, 6) is -0.753. The molecule has 0 aliphatic heterocycles. The van der Waals surface area contributed by atoms with Crippen molar-refractivity contribution in [2.45, 2.75) is 32.7 Å². The zero-order valence-corrected chi connectivity index (χ0v) is 27.1. The lowest BCUT2D eigenvalue weighted by atomic mass is 10.0. The van der Waals surface area contributed by atoms with Crippen molar-refractivity contribution in [2.75, 3.05) is 37.6 Å². The Balaban J connectivity index is 1.45. The predicted molar refractivity (Wildman–Crippen MR) is 172 cm³/mol. The van der Waals surface area contributed by atoms with Gasteiger partial charge in [0.05, 0.1) is 49.8 Å². The maximum atomic E-state index is 14.1. The molecule has 2 aromatic carbocycles. The van der Waals surface area contributed by atoms with Gasteiger partial charge in [0.2, 0.25) is 11.8 Å². The van der Waals surface area contributed by atoms with E-state index in [0.717, 1.165) is 11.1 Å². The van der Waals surface area contributed by atoms with Crippen LogP contribution in [-0.2, 0) is 44.3 Å². The van der Waals surface area contributed by atoms with Crippen molar-refractivity contribution in [3.05, 3.63) is 72.3 Å². The first-order valence-corrected chi connectivity index (χ1v) is 16.5. The van der Waals surface area contributed by atoms with Gasteiger partial charge < -0.3 is 34.1 Å². The number of nitrogens with one attached hydrogen (secondary N) is 2. The van der Waals surface area contributed by atoms with Gasteiger partial charge in [-0.3, -0.25) is 9.25 Å². The zero-order chi connectivity index (χ0) is 33.8. The highest BCUT2D eigenvalue weighted by Crippen LogP contribution is 2.51. The van der Waals surface area contributed by atoms with Gasteiger partial charge in [-0.15, -0.1) is 0 Å². The Morgan fingerprint density at radius 1 is 1.00 bits per heavy atom. The predicted octanol–water partition coefficient (Wildman–Crippen LogP) is 7.46. The third-order valence-electron chi connectivity index (χ3n) is 7.18. The van der Waals surface area contributed by atoms with Crippen molar-refractivity contribution in [3.63, 3.8) is 0 Å². The van der Waals surface area contributed by atoms with Gasteiger partial charge in [-0.25, -0.2) is 4.98 Å². The van der Waals surface area contributed by atoms with Crippen molar-refractivity contribution in [3.8, 4) is 17.0 Å². The molecule has 5 aromatic rings. The van der Waals surface area contributed by atoms with Crippen LogP contribution in [-0.4, -0.2) is 56.4 Å². The van der Waals surface area contributed by atoms with Gasteiger partial charge in [-0.1, -0.05) is 18.2 Å². The Kier molecular flexibility index (Phi) is 10.2. The lowest BCUT2D eigenvalue weighted by Gasteiger charge is -2.17. The topological polar surface area (TPSA) is 138 Å². The third-order valence-corrected chi connectivity index (χ3v) is 9.24. The summed E-state index contributed by atoms with van der Waals surface area (Å²) >= 11 is 0. The molecule has 3 N–H and O–H groups in total. The van der Waals surface area contributed by atoms with E-state index in [9.17, 15) is 22.8 Å². The number of hydrogen-bond donors (Lipinski definition) is 3. The quantitative estimate of drug-likeness (QED) is 0.102. The average molecular weight is 674 g/mol. The molecule has 0 saturated heterocycles. The van der Waals surface area contributed by atoms with E-state index in [1.807, 2.05) is 6.20 Å². The number of rotatable bonds is 14. The molecule has 47 heavy (non-hydrogen) atoms. The lowest BCUT2D eigenvalue weighted by molar-refractivity contribution is -0.137. The van der Waals surface area contributed by atoms with Crippen LogP contribution in [0.2, 0.25) is 0 Å². The van der Waals surface area contributed by atoms with Crippen molar-refractivity contribution < 1.29 is 36.6 Å². The SMILES string of the molecule is CCOP(=O)(Cc1ccc(Nc2ncc(C(F)(F)F)c(Nc3ccc(-c4cnn(CCOC)c4)c4cn(C)c(O)c34)n2)cc1)OCC. The Labute approximate surface area is 269 Å². The second-order valence-electron chi connectivity index (χ2n) is 10.5. The molecule has 0 saturated carbocycles. The molecule has 3 aromatic heterocycles. The highest BCUT2D eigenvalue weighted by atomic mass is 31.2. The van der Waals surface area contributed by atoms with Crippen molar-refractivity contribution >= 4 is 41.5 Å². The summed E-state index contributed by atoms with van der Waals surface area (Å²) in [6.45, 7) is 4.94. The number of ether oxygens (including phenoxy) is 1. The van der Waals surface area contributed by atoms with Crippen LogP contribution in [0.25, 0.3) is 21.9 Å². The van der Waals surface area contributed by atoms with Crippen molar-refractivity contribution in [1.29, 1.82) is 0 Å². The molecule has 5 rings (SSSR count). The number of fused-ring (bicyclic) bond motifs is 1. The highest BCUT2D eigenvalue weighted by molar-refractivity contribution is 7.53. The largest absolute Gasteiger partial charge is 0.494 e. The van der Waals surface area contributed by atoms with Gasteiger partial charge in [-0.2, -0.15) is 23.3 Å². The molecule has 3 heterocycles. The van der Waals surface area contributed by atoms with E-state index in [-0.39, 0.29) is 36.9 Å². The second kappa shape index (κ2) is 14.1. The fourth-order valence-corrected chi connectivity index (χ4v) is 6.73. The van der Waals surface area contributed by atoms with Crippen LogP contribution in [0.4, 0.5) is 36.3 Å². The number of aryl methyl sites for hydroxylation is 1. The van der Waals surface area contributed by atoms with Crippen LogP contribution < -0.4 is 10.6 Å². The molecule has 0 bridgehead atoms. The molecule has 0 aliphatic carbocycles. The standard InChI is InChI=1S/C31H35F3N7O5P/c1-5-45-47(43,46-6-2)19-20-7-9-22(10-8-20)37-30-35-16-25(31(32,33)34)28(39-30)38-26-12-11-23(24-18-40(3)29(42)27(24)26)21-15-36-41(17-21)13-14-44-4/h7-12,15-18,42H,5-6,13-14,19H2,1-4H3,(H2,35,37,38,39). The number of aromatic nitrogens is 5. The minimum absolute atomic E-state index is 0.0650. The molecular weight excluding hydrogens is 638 g/mol. The number of alkyl halides is 3. The molecule has 0 fully saturated rings. The summed E-state index contributed by atoms with van der Waals surface area (Å²) in [6, 6.07) is 10.1. The first-order valence-electron chi connectivity index (χ1n) is 14.7. The first kappa shape index (κ1) is 33.9. The number of anilines is 4. The smallest absolute Gasteiger partial charge is 0.421 e. The summed E-state index contributed by atoms with van der Waals surface area (Å²) in [4.78, 5) is 8.06. The minimum atomic E-state index is -4.77. The van der Waals surface area contributed by atoms with Crippen LogP contribution in [0, 0.1) is 0 Å². The molecule has 0 aliphatic rings. The molecule has 0 unspecified atom stereocenters. The van der Waals surface area contributed by atoms with E-state index in [2.05, 4.69) is 25.7 Å². The third kappa shape index (κ3) is 7.76. The molecule has 0 spiro atoms. The van der Waals surface area contributed by atoms with E-state index in [4.69, 9.17) is 13.8 Å². The molecule has 0 radical (unpaired) electrons. The molecule has 12 nitrogen and oxygen atoms in total. The second-order valence-corrected chi connectivity index (χ2v) is 12.6. The maximum Gasteiger partial charge on any atom is 0.421 e. The number of benzene rings is 2. The first-order chi connectivity index (χ1) is 22.4. The summed E-state index contributed by atoms with van der Waals surface area (Å²) in [6.07, 6.45) is 1.19. The highest BCUT2D eigenvalue weighted by Gasteiger charge is 2.36. The number of methoxy groups -OCH3 is 1.